The Morgan fingerprint density at radius 2 is 2.10 bits per heavy atom. The number of carbonyl (C=O) groups is 1. The summed E-state index contributed by atoms with van der Waals surface area (Å²) >= 11 is 0. The molecule has 1 N–H and O–H groups in total. The Labute approximate surface area is 116 Å². The van der Waals surface area contributed by atoms with Crippen LogP contribution in [0.25, 0.3) is 0 Å². The van der Waals surface area contributed by atoms with Gasteiger partial charge in [-0.15, -0.1) is 0 Å². The average Bonchev–Trinajstić information content (AvgIpc) is 2.97. The zero-order valence-corrected chi connectivity index (χ0v) is 11.4. The highest BCUT2D eigenvalue weighted by Crippen LogP contribution is 2.27. The third-order valence-corrected chi connectivity index (χ3v) is 2.71. The molecular weight excluding hydrogens is 260 g/mol. The maximum atomic E-state index is 11.7. The molecule has 0 bridgehead atoms. The molecule has 0 fully saturated rings. The van der Waals surface area contributed by atoms with Crippen molar-refractivity contribution >= 4 is 5.91 Å². The van der Waals surface area contributed by atoms with Gasteiger partial charge in [-0.1, -0.05) is 6.07 Å². The molecule has 1 amide bonds. The van der Waals surface area contributed by atoms with E-state index in [1.807, 2.05) is 12.1 Å². The number of carbonyl (C=O) groups excluding carboxylic acids is 1. The molecule has 0 atom stereocenters. The topological polar surface area (TPSA) is 78.3 Å². The van der Waals surface area contributed by atoms with Gasteiger partial charge >= 0.3 is 0 Å². The molecule has 106 valence electrons. The van der Waals surface area contributed by atoms with Crippen molar-refractivity contribution in [2.45, 2.75) is 13.1 Å². The fourth-order valence-electron chi connectivity index (χ4n) is 1.71. The van der Waals surface area contributed by atoms with Crippen molar-refractivity contribution in [3.63, 3.8) is 0 Å². The van der Waals surface area contributed by atoms with Crippen LogP contribution in [-0.4, -0.2) is 34.9 Å². The number of methoxy groups -OCH3 is 2. The Bertz CT molecular complexity index is 569. The molecule has 7 nitrogen and oxygen atoms in total. The summed E-state index contributed by atoms with van der Waals surface area (Å²) in [5, 5.41) is 6.67. The average molecular weight is 276 g/mol. The number of hydrogen-bond acceptors (Lipinski definition) is 5. The quantitative estimate of drug-likeness (QED) is 0.836. The van der Waals surface area contributed by atoms with Crippen molar-refractivity contribution in [1.29, 1.82) is 0 Å². The van der Waals surface area contributed by atoms with E-state index in [4.69, 9.17) is 9.47 Å². The zero-order chi connectivity index (χ0) is 14.4. The Kier molecular flexibility index (Phi) is 4.54. The van der Waals surface area contributed by atoms with Crippen LogP contribution in [-0.2, 0) is 17.9 Å². The van der Waals surface area contributed by atoms with E-state index in [1.54, 1.807) is 20.3 Å². The molecule has 1 aromatic carbocycles. The van der Waals surface area contributed by atoms with E-state index in [2.05, 4.69) is 15.4 Å². The number of hydrogen-bond donors (Lipinski definition) is 1. The molecule has 2 rings (SSSR count). The second kappa shape index (κ2) is 6.55. The molecule has 0 spiro atoms. The summed E-state index contributed by atoms with van der Waals surface area (Å²) in [6.07, 6.45) is 2.89. The van der Waals surface area contributed by atoms with E-state index >= 15 is 0 Å². The first-order chi connectivity index (χ1) is 9.72. The summed E-state index contributed by atoms with van der Waals surface area (Å²) in [6, 6.07) is 5.50. The molecule has 0 radical (unpaired) electrons. The van der Waals surface area contributed by atoms with Crippen LogP contribution in [0, 0.1) is 0 Å². The van der Waals surface area contributed by atoms with E-state index in [0.29, 0.717) is 18.0 Å². The molecular formula is C13H16N4O3. The molecule has 0 saturated carbocycles. The maximum Gasteiger partial charge on any atom is 0.242 e. The summed E-state index contributed by atoms with van der Waals surface area (Å²) in [5.74, 6) is 1.16. The molecule has 1 aromatic heterocycles. The maximum absolute atomic E-state index is 11.7. The highest BCUT2D eigenvalue weighted by molar-refractivity contribution is 5.75. The summed E-state index contributed by atoms with van der Waals surface area (Å²) in [5.41, 5.74) is 0.926. The van der Waals surface area contributed by atoms with Crippen molar-refractivity contribution in [1.82, 2.24) is 20.1 Å². The van der Waals surface area contributed by atoms with Gasteiger partial charge < -0.3 is 14.8 Å². The second-order valence-corrected chi connectivity index (χ2v) is 4.06. The zero-order valence-electron chi connectivity index (χ0n) is 11.4. The second-order valence-electron chi connectivity index (χ2n) is 4.06. The van der Waals surface area contributed by atoms with Crippen LogP contribution < -0.4 is 14.8 Å². The highest BCUT2D eigenvalue weighted by Gasteiger charge is 2.06. The van der Waals surface area contributed by atoms with Crippen LogP contribution >= 0.6 is 0 Å². The SMILES string of the molecule is COc1ccc(CNC(=O)Cn2cncn2)cc1OC. The highest BCUT2D eigenvalue weighted by atomic mass is 16.5. The lowest BCUT2D eigenvalue weighted by Gasteiger charge is -2.10. The normalized spacial score (nSPS) is 10.1. The van der Waals surface area contributed by atoms with Crippen molar-refractivity contribution in [2.75, 3.05) is 14.2 Å². The van der Waals surface area contributed by atoms with Crippen molar-refractivity contribution in [3.05, 3.63) is 36.4 Å². The number of benzene rings is 1. The number of nitrogens with one attached hydrogen (secondary N) is 1. The van der Waals surface area contributed by atoms with Crippen molar-refractivity contribution in [2.24, 2.45) is 0 Å². The first-order valence-electron chi connectivity index (χ1n) is 6.03. The molecule has 0 aliphatic heterocycles. The minimum absolute atomic E-state index is 0.134. The van der Waals surface area contributed by atoms with Gasteiger partial charge in [0.05, 0.1) is 14.2 Å². The van der Waals surface area contributed by atoms with Crippen LogP contribution in [0.4, 0.5) is 0 Å². The Balaban J connectivity index is 1.92. The van der Waals surface area contributed by atoms with Gasteiger partial charge in [0.1, 0.15) is 19.2 Å². The van der Waals surface area contributed by atoms with Crippen LogP contribution in [0.5, 0.6) is 11.5 Å². The first-order valence-corrected chi connectivity index (χ1v) is 6.03. The predicted molar refractivity (Wildman–Crippen MR) is 71.4 cm³/mol. The fraction of sp³-hybridized carbons (Fsp3) is 0.308. The summed E-state index contributed by atoms with van der Waals surface area (Å²) in [4.78, 5) is 15.5. The van der Waals surface area contributed by atoms with E-state index in [9.17, 15) is 4.79 Å². The molecule has 1 heterocycles. The van der Waals surface area contributed by atoms with E-state index in [0.717, 1.165) is 5.56 Å². The molecule has 2 aromatic rings. The first kappa shape index (κ1) is 13.9. The predicted octanol–water partition coefficient (Wildman–Crippen LogP) is 0.612. The summed E-state index contributed by atoms with van der Waals surface area (Å²) in [7, 11) is 3.16. The van der Waals surface area contributed by atoms with E-state index < -0.39 is 0 Å². The van der Waals surface area contributed by atoms with Crippen LogP contribution in [0.3, 0.4) is 0 Å². The fourth-order valence-corrected chi connectivity index (χ4v) is 1.71. The van der Waals surface area contributed by atoms with Gasteiger partial charge in [-0.25, -0.2) is 9.67 Å². The van der Waals surface area contributed by atoms with Gasteiger partial charge in [-0.2, -0.15) is 5.10 Å². The lowest BCUT2D eigenvalue weighted by molar-refractivity contribution is -0.122. The minimum Gasteiger partial charge on any atom is -0.493 e. The third-order valence-electron chi connectivity index (χ3n) is 2.71. The van der Waals surface area contributed by atoms with Crippen molar-refractivity contribution < 1.29 is 14.3 Å². The standard InChI is InChI=1S/C13H16N4O3/c1-19-11-4-3-10(5-12(11)20-2)6-15-13(18)7-17-9-14-8-16-17/h3-5,8-9H,6-7H2,1-2H3,(H,15,18). The van der Waals surface area contributed by atoms with Gasteiger partial charge in [0.2, 0.25) is 5.91 Å². The lowest BCUT2D eigenvalue weighted by Crippen LogP contribution is -2.27. The molecule has 0 aliphatic carbocycles. The number of aromatic nitrogens is 3. The molecule has 0 unspecified atom stereocenters. The Morgan fingerprint density at radius 3 is 2.75 bits per heavy atom. The smallest absolute Gasteiger partial charge is 0.242 e. The van der Waals surface area contributed by atoms with E-state index in [-0.39, 0.29) is 12.5 Å². The van der Waals surface area contributed by atoms with Gasteiger partial charge in [-0.05, 0) is 17.7 Å². The number of rotatable bonds is 6. The Hall–Kier alpha value is -2.57. The van der Waals surface area contributed by atoms with Gasteiger partial charge in [0.15, 0.2) is 11.5 Å². The van der Waals surface area contributed by atoms with Gasteiger partial charge in [-0.3, -0.25) is 4.79 Å². The van der Waals surface area contributed by atoms with Crippen LogP contribution in [0.2, 0.25) is 0 Å². The van der Waals surface area contributed by atoms with Crippen LogP contribution in [0.1, 0.15) is 5.56 Å². The molecule has 0 saturated heterocycles. The number of amides is 1. The van der Waals surface area contributed by atoms with Crippen molar-refractivity contribution in [3.8, 4) is 11.5 Å². The third kappa shape index (κ3) is 3.47. The lowest BCUT2D eigenvalue weighted by atomic mass is 10.2. The summed E-state index contributed by atoms with van der Waals surface area (Å²) < 4.78 is 11.8. The minimum atomic E-state index is -0.134. The molecule has 7 heteroatoms. The monoisotopic (exact) mass is 276 g/mol. The van der Waals surface area contributed by atoms with Gasteiger partial charge in [0, 0.05) is 6.54 Å². The molecule has 0 aliphatic rings. The number of nitrogens with zero attached hydrogens (tertiary/aromatic N) is 3. The van der Waals surface area contributed by atoms with Crippen LogP contribution in [0.15, 0.2) is 30.9 Å². The largest absolute Gasteiger partial charge is 0.493 e. The van der Waals surface area contributed by atoms with E-state index in [1.165, 1.54) is 17.3 Å². The number of ether oxygens (including phenoxy) is 2. The Morgan fingerprint density at radius 1 is 1.30 bits per heavy atom. The molecule has 20 heavy (non-hydrogen) atoms. The summed E-state index contributed by atoms with van der Waals surface area (Å²) in [6.45, 7) is 0.557. The van der Waals surface area contributed by atoms with Gasteiger partial charge in [0.25, 0.3) is 0 Å².